The molecule has 0 radical (unpaired) electrons. The molecule has 0 unspecified atom stereocenters. The molecule has 0 saturated carbocycles. The van der Waals surface area contributed by atoms with Crippen LogP contribution in [0, 0.1) is 10.5 Å². The zero-order valence-electron chi connectivity index (χ0n) is 8.00. The normalized spacial score (nSPS) is 15.2. The van der Waals surface area contributed by atoms with E-state index in [1.165, 1.54) is 6.08 Å². The Labute approximate surface area is 101 Å². The Bertz CT molecular complexity index is 491. The van der Waals surface area contributed by atoms with E-state index in [1.807, 2.05) is 25.1 Å². The number of rotatable bonds is 1. The van der Waals surface area contributed by atoms with Crippen LogP contribution in [0.5, 0.6) is 0 Å². The Morgan fingerprint density at radius 3 is 2.60 bits per heavy atom. The minimum atomic E-state index is -0.340. The van der Waals surface area contributed by atoms with Crippen molar-refractivity contribution in [1.29, 1.82) is 0 Å². The Hall–Kier alpha value is -1.17. The summed E-state index contributed by atoms with van der Waals surface area (Å²) in [7, 11) is 0. The lowest BCUT2D eigenvalue weighted by molar-refractivity contribution is -0.123. The molecule has 76 valence electrons. The highest BCUT2D eigenvalue weighted by molar-refractivity contribution is 14.1. The number of amides is 2. The number of benzene rings is 1. The number of carbonyl (C=O) groups excluding carboxylic acids is 2. The number of aryl methyl sites for hydroxylation is 1. The third-order valence-corrected chi connectivity index (χ3v) is 2.92. The SMILES string of the molecule is Cc1ccc(I)cc1C1=CC(=O)NC1=O. The molecule has 1 aliphatic rings. The third-order valence-electron chi connectivity index (χ3n) is 2.25. The van der Waals surface area contributed by atoms with E-state index in [0.29, 0.717) is 5.57 Å². The smallest absolute Gasteiger partial charge is 0.258 e. The Morgan fingerprint density at radius 2 is 2.00 bits per heavy atom. The van der Waals surface area contributed by atoms with Crippen molar-refractivity contribution in [3.63, 3.8) is 0 Å². The average Bonchev–Trinajstić information content (AvgIpc) is 2.50. The molecule has 15 heavy (non-hydrogen) atoms. The molecule has 1 heterocycles. The summed E-state index contributed by atoms with van der Waals surface area (Å²) >= 11 is 2.18. The monoisotopic (exact) mass is 313 g/mol. The highest BCUT2D eigenvalue weighted by Crippen LogP contribution is 2.23. The zero-order chi connectivity index (χ0) is 11.0. The van der Waals surface area contributed by atoms with E-state index in [4.69, 9.17) is 0 Å². The maximum absolute atomic E-state index is 11.4. The van der Waals surface area contributed by atoms with E-state index in [2.05, 4.69) is 27.9 Å². The number of nitrogens with one attached hydrogen (secondary N) is 1. The molecular weight excluding hydrogens is 305 g/mol. The fourth-order valence-corrected chi connectivity index (χ4v) is 1.99. The maximum atomic E-state index is 11.4. The van der Waals surface area contributed by atoms with Crippen LogP contribution in [0.1, 0.15) is 11.1 Å². The van der Waals surface area contributed by atoms with Crippen LogP contribution < -0.4 is 5.32 Å². The van der Waals surface area contributed by atoms with Gasteiger partial charge in [0.2, 0.25) is 0 Å². The fraction of sp³-hybridized carbons (Fsp3) is 0.0909. The van der Waals surface area contributed by atoms with Crippen molar-refractivity contribution in [2.24, 2.45) is 0 Å². The van der Waals surface area contributed by atoms with Gasteiger partial charge in [-0.25, -0.2) is 0 Å². The van der Waals surface area contributed by atoms with Gasteiger partial charge in [0.15, 0.2) is 0 Å². The van der Waals surface area contributed by atoms with Crippen LogP contribution in [0.25, 0.3) is 5.57 Å². The molecule has 1 aromatic carbocycles. The molecule has 0 atom stereocenters. The number of hydrogen-bond acceptors (Lipinski definition) is 2. The predicted octanol–water partition coefficient (Wildman–Crippen LogP) is 1.64. The van der Waals surface area contributed by atoms with Gasteiger partial charge >= 0.3 is 0 Å². The molecule has 0 spiro atoms. The first-order chi connectivity index (χ1) is 7.08. The van der Waals surface area contributed by atoms with E-state index >= 15 is 0 Å². The van der Waals surface area contributed by atoms with E-state index < -0.39 is 0 Å². The van der Waals surface area contributed by atoms with Crippen molar-refractivity contribution in [3.8, 4) is 0 Å². The summed E-state index contributed by atoms with van der Waals surface area (Å²) in [6, 6.07) is 5.81. The van der Waals surface area contributed by atoms with Gasteiger partial charge in [-0.05, 0) is 52.8 Å². The molecule has 1 aromatic rings. The minimum Gasteiger partial charge on any atom is -0.289 e. The number of hydrogen-bond donors (Lipinski definition) is 1. The Kier molecular flexibility index (Phi) is 2.60. The Balaban J connectivity index is 2.54. The van der Waals surface area contributed by atoms with E-state index in [-0.39, 0.29) is 11.8 Å². The summed E-state index contributed by atoms with van der Waals surface area (Å²) in [5, 5.41) is 2.24. The maximum Gasteiger partial charge on any atom is 0.258 e. The molecular formula is C11H8INO2. The van der Waals surface area contributed by atoms with Crippen molar-refractivity contribution >= 4 is 40.0 Å². The summed E-state index contributed by atoms with van der Waals surface area (Å²) in [6.45, 7) is 1.92. The van der Waals surface area contributed by atoms with Crippen LogP contribution in [0.2, 0.25) is 0 Å². The van der Waals surface area contributed by atoms with E-state index in [1.54, 1.807) is 0 Å². The largest absolute Gasteiger partial charge is 0.289 e. The van der Waals surface area contributed by atoms with Gasteiger partial charge in [-0.2, -0.15) is 0 Å². The lowest BCUT2D eigenvalue weighted by Crippen LogP contribution is -2.21. The van der Waals surface area contributed by atoms with Crippen LogP contribution in [0.4, 0.5) is 0 Å². The molecule has 3 nitrogen and oxygen atoms in total. The third kappa shape index (κ3) is 1.94. The Morgan fingerprint density at radius 1 is 1.27 bits per heavy atom. The fourth-order valence-electron chi connectivity index (χ4n) is 1.50. The van der Waals surface area contributed by atoms with E-state index in [0.717, 1.165) is 14.7 Å². The first-order valence-corrected chi connectivity index (χ1v) is 5.49. The van der Waals surface area contributed by atoms with Crippen LogP contribution in [-0.2, 0) is 9.59 Å². The summed E-state index contributed by atoms with van der Waals surface area (Å²) in [6.07, 6.45) is 1.35. The van der Waals surface area contributed by atoms with Gasteiger partial charge < -0.3 is 0 Å². The van der Waals surface area contributed by atoms with Crippen LogP contribution >= 0.6 is 22.6 Å². The summed E-state index contributed by atoms with van der Waals surface area (Å²) in [5.41, 5.74) is 2.27. The highest BCUT2D eigenvalue weighted by Gasteiger charge is 2.23. The standard InChI is InChI=1S/C11H8INO2/c1-6-2-3-7(12)4-8(6)9-5-10(14)13-11(9)15/h2-5H,1H3,(H,13,14,15). The molecule has 0 bridgehead atoms. The van der Waals surface area contributed by atoms with Gasteiger partial charge in [0, 0.05) is 9.65 Å². The van der Waals surface area contributed by atoms with Gasteiger partial charge in [0.05, 0.1) is 5.57 Å². The summed E-state index contributed by atoms with van der Waals surface area (Å²) in [5.74, 6) is -0.654. The topological polar surface area (TPSA) is 46.2 Å². The van der Waals surface area contributed by atoms with Crippen LogP contribution in [0.15, 0.2) is 24.3 Å². The quantitative estimate of drug-likeness (QED) is 0.633. The average molecular weight is 313 g/mol. The van der Waals surface area contributed by atoms with Crippen LogP contribution in [0.3, 0.4) is 0 Å². The van der Waals surface area contributed by atoms with Crippen molar-refractivity contribution in [2.45, 2.75) is 6.92 Å². The molecule has 0 saturated heterocycles. The molecule has 1 aliphatic heterocycles. The number of carbonyl (C=O) groups is 2. The number of imide groups is 1. The van der Waals surface area contributed by atoms with Crippen molar-refractivity contribution in [3.05, 3.63) is 39.0 Å². The van der Waals surface area contributed by atoms with Gasteiger partial charge in [0.25, 0.3) is 11.8 Å². The van der Waals surface area contributed by atoms with Gasteiger partial charge in [-0.1, -0.05) is 6.07 Å². The summed E-state index contributed by atoms with van der Waals surface area (Å²) < 4.78 is 1.04. The molecule has 4 heteroatoms. The van der Waals surface area contributed by atoms with Crippen LogP contribution in [-0.4, -0.2) is 11.8 Å². The van der Waals surface area contributed by atoms with Gasteiger partial charge in [-0.3, -0.25) is 14.9 Å². The second-order valence-corrected chi connectivity index (χ2v) is 4.58. The van der Waals surface area contributed by atoms with Crippen molar-refractivity contribution in [1.82, 2.24) is 5.32 Å². The lowest BCUT2D eigenvalue weighted by atomic mass is 10.0. The van der Waals surface area contributed by atoms with Crippen molar-refractivity contribution < 1.29 is 9.59 Å². The first kappa shape index (κ1) is 10.4. The van der Waals surface area contributed by atoms with Gasteiger partial charge in [0.1, 0.15) is 0 Å². The predicted molar refractivity (Wildman–Crippen MR) is 65.0 cm³/mol. The zero-order valence-corrected chi connectivity index (χ0v) is 10.2. The molecule has 1 N–H and O–H groups in total. The van der Waals surface area contributed by atoms with Gasteiger partial charge in [-0.15, -0.1) is 0 Å². The second-order valence-electron chi connectivity index (χ2n) is 3.34. The molecule has 2 rings (SSSR count). The molecule has 0 aromatic heterocycles. The lowest BCUT2D eigenvalue weighted by Gasteiger charge is -2.05. The molecule has 2 amide bonds. The summed E-state index contributed by atoms with van der Waals surface area (Å²) in [4.78, 5) is 22.5. The number of halogens is 1. The highest BCUT2D eigenvalue weighted by atomic mass is 127. The minimum absolute atomic E-state index is 0.315. The first-order valence-electron chi connectivity index (χ1n) is 4.41. The molecule has 0 fully saturated rings. The second kappa shape index (κ2) is 3.77. The van der Waals surface area contributed by atoms with Crippen molar-refractivity contribution in [2.75, 3.05) is 0 Å². The molecule has 0 aliphatic carbocycles. The van der Waals surface area contributed by atoms with E-state index in [9.17, 15) is 9.59 Å².